The molecule has 0 aromatic carbocycles. The maximum Gasteiger partial charge on any atom is 0.314 e. The molecule has 2 heterocycles. The van der Waals surface area contributed by atoms with Gasteiger partial charge in [0.2, 0.25) is 11.8 Å². The zero-order chi connectivity index (χ0) is 17.5. The standard InChI is InChI=1S/C16H24N4O3S/c1-19(2)14(21)3-7-17-16(23)18-8-4-15(22)20-9-5-13-12(11-20)6-10-24-13/h6,10H,3-5,7-9,11H2,1-2H3,(H2,17,18,23). The van der Waals surface area contributed by atoms with Gasteiger partial charge in [0.05, 0.1) is 0 Å². The average Bonchev–Trinajstić information content (AvgIpc) is 3.02. The number of rotatable bonds is 6. The van der Waals surface area contributed by atoms with Crippen LogP contribution in [-0.2, 0) is 22.6 Å². The Kier molecular flexibility index (Phi) is 6.60. The predicted molar refractivity (Wildman–Crippen MR) is 92.8 cm³/mol. The molecule has 7 nitrogen and oxygen atoms in total. The normalized spacial score (nSPS) is 13.2. The Bertz CT molecular complexity index is 600. The van der Waals surface area contributed by atoms with Crippen molar-refractivity contribution >= 4 is 29.2 Å². The van der Waals surface area contributed by atoms with Crippen molar-refractivity contribution < 1.29 is 14.4 Å². The van der Waals surface area contributed by atoms with Crippen LogP contribution in [0.3, 0.4) is 0 Å². The van der Waals surface area contributed by atoms with Crippen molar-refractivity contribution in [2.45, 2.75) is 25.8 Å². The van der Waals surface area contributed by atoms with Gasteiger partial charge in [0.15, 0.2) is 0 Å². The summed E-state index contributed by atoms with van der Waals surface area (Å²) < 4.78 is 0. The number of carbonyl (C=O) groups is 3. The van der Waals surface area contributed by atoms with E-state index in [-0.39, 0.29) is 37.2 Å². The van der Waals surface area contributed by atoms with Gasteiger partial charge >= 0.3 is 6.03 Å². The third kappa shape index (κ3) is 5.23. The summed E-state index contributed by atoms with van der Waals surface area (Å²) in [6, 6.07) is 1.72. The third-order valence-electron chi connectivity index (χ3n) is 3.91. The van der Waals surface area contributed by atoms with E-state index < -0.39 is 0 Å². The Balaban J connectivity index is 1.61. The molecule has 0 saturated carbocycles. The SMILES string of the molecule is CN(C)C(=O)CCNC(=O)NCCC(=O)N1CCc2sccc2C1. The lowest BCUT2D eigenvalue weighted by Gasteiger charge is -2.27. The number of hydrogen-bond donors (Lipinski definition) is 2. The van der Waals surface area contributed by atoms with E-state index in [1.54, 1.807) is 25.4 Å². The summed E-state index contributed by atoms with van der Waals surface area (Å²) >= 11 is 1.74. The summed E-state index contributed by atoms with van der Waals surface area (Å²) in [6.07, 6.45) is 1.45. The number of fused-ring (bicyclic) bond motifs is 1. The molecule has 2 N–H and O–H groups in total. The molecular formula is C16H24N4O3S. The van der Waals surface area contributed by atoms with Gasteiger partial charge in [-0.3, -0.25) is 9.59 Å². The minimum atomic E-state index is -0.354. The van der Waals surface area contributed by atoms with Crippen molar-refractivity contribution in [3.8, 4) is 0 Å². The molecule has 1 aromatic heterocycles. The topological polar surface area (TPSA) is 81.8 Å². The Hall–Kier alpha value is -2.09. The minimum absolute atomic E-state index is 0.0385. The molecule has 4 amide bonds. The second kappa shape index (κ2) is 8.68. The van der Waals surface area contributed by atoms with Crippen molar-refractivity contribution in [2.24, 2.45) is 0 Å². The number of carbonyl (C=O) groups excluding carboxylic acids is 3. The largest absolute Gasteiger partial charge is 0.349 e. The van der Waals surface area contributed by atoms with Crippen LogP contribution in [0.1, 0.15) is 23.3 Å². The van der Waals surface area contributed by atoms with Gasteiger partial charge in [-0.2, -0.15) is 0 Å². The molecule has 0 saturated heterocycles. The van der Waals surface area contributed by atoms with Crippen LogP contribution >= 0.6 is 11.3 Å². The fourth-order valence-corrected chi connectivity index (χ4v) is 3.36. The van der Waals surface area contributed by atoms with Crippen LogP contribution < -0.4 is 10.6 Å². The number of urea groups is 1. The Morgan fingerprint density at radius 1 is 1.21 bits per heavy atom. The van der Waals surface area contributed by atoms with E-state index in [0.29, 0.717) is 13.1 Å². The van der Waals surface area contributed by atoms with Gasteiger partial charge in [0.1, 0.15) is 0 Å². The second-order valence-corrected chi connectivity index (χ2v) is 6.91. The molecule has 132 valence electrons. The van der Waals surface area contributed by atoms with E-state index in [1.165, 1.54) is 15.3 Å². The summed E-state index contributed by atoms with van der Waals surface area (Å²) in [5, 5.41) is 7.32. The minimum Gasteiger partial charge on any atom is -0.349 e. The fraction of sp³-hybridized carbons (Fsp3) is 0.562. The van der Waals surface area contributed by atoms with Crippen molar-refractivity contribution in [3.63, 3.8) is 0 Å². The fourth-order valence-electron chi connectivity index (χ4n) is 2.47. The van der Waals surface area contributed by atoms with Crippen molar-refractivity contribution in [1.82, 2.24) is 20.4 Å². The molecule has 1 aromatic rings. The number of amides is 4. The number of hydrogen-bond acceptors (Lipinski definition) is 4. The lowest BCUT2D eigenvalue weighted by atomic mass is 10.1. The van der Waals surface area contributed by atoms with Crippen LogP contribution in [0.15, 0.2) is 11.4 Å². The number of thiophene rings is 1. The Morgan fingerprint density at radius 3 is 2.62 bits per heavy atom. The molecule has 0 unspecified atom stereocenters. The van der Waals surface area contributed by atoms with E-state index in [4.69, 9.17) is 0 Å². The molecule has 0 atom stereocenters. The summed E-state index contributed by atoms with van der Waals surface area (Å²) in [4.78, 5) is 39.9. The first kappa shape index (κ1) is 18.3. The van der Waals surface area contributed by atoms with Crippen molar-refractivity contribution in [1.29, 1.82) is 0 Å². The number of nitrogens with zero attached hydrogens (tertiary/aromatic N) is 2. The van der Waals surface area contributed by atoms with Gasteiger partial charge in [-0.25, -0.2) is 4.79 Å². The molecule has 0 fully saturated rings. The van der Waals surface area contributed by atoms with E-state index in [2.05, 4.69) is 22.1 Å². The summed E-state index contributed by atoms with van der Waals surface area (Å²) in [7, 11) is 3.35. The molecule has 0 aliphatic carbocycles. The second-order valence-electron chi connectivity index (χ2n) is 5.91. The molecule has 0 radical (unpaired) electrons. The van der Waals surface area contributed by atoms with Crippen LogP contribution in [0.2, 0.25) is 0 Å². The van der Waals surface area contributed by atoms with E-state index in [1.807, 2.05) is 4.90 Å². The van der Waals surface area contributed by atoms with Crippen LogP contribution in [0.25, 0.3) is 0 Å². The van der Waals surface area contributed by atoms with Crippen LogP contribution in [0.5, 0.6) is 0 Å². The molecule has 1 aliphatic heterocycles. The zero-order valence-corrected chi connectivity index (χ0v) is 14.9. The van der Waals surface area contributed by atoms with E-state index in [9.17, 15) is 14.4 Å². The van der Waals surface area contributed by atoms with Crippen LogP contribution in [0, 0.1) is 0 Å². The first-order valence-corrected chi connectivity index (χ1v) is 8.90. The van der Waals surface area contributed by atoms with Gasteiger partial charge in [-0.1, -0.05) is 0 Å². The van der Waals surface area contributed by atoms with Crippen LogP contribution in [0.4, 0.5) is 4.79 Å². The molecular weight excluding hydrogens is 328 g/mol. The van der Waals surface area contributed by atoms with E-state index >= 15 is 0 Å². The Morgan fingerprint density at radius 2 is 1.92 bits per heavy atom. The van der Waals surface area contributed by atoms with Gasteiger partial charge in [0.25, 0.3) is 0 Å². The monoisotopic (exact) mass is 352 g/mol. The van der Waals surface area contributed by atoms with Gasteiger partial charge in [-0.15, -0.1) is 11.3 Å². The Labute approximate surface area is 146 Å². The zero-order valence-electron chi connectivity index (χ0n) is 14.1. The molecule has 0 spiro atoms. The van der Waals surface area contributed by atoms with Crippen molar-refractivity contribution in [2.75, 3.05) is 33.7 Å². The molecule has 8 heteroatoms. The lowest BCUT2D eigenvalue weighted by Crippen LogP contribution is -2.41. The number of nitrogens with one attached hydrogen (secondary N) is 2. The van der Waals surface area contributed by atoms with Crippen LogP contribution in [-0.4, -0.2) is 61.4 Å². The smallest absolute Gasteiger partial charge is 0.314 e. The van der Waals surface area contributed by atoms with Gasteiger partial charge < -0.3 is 20.4 Å². The first-order valence-electron chi connectivity index (χ1n) is 8.02. The quantitative estimate of drug-likeness (QED) is 0.795. The van der Waals surface area contributed by atoms with Crippen molar-refractivity contribution in [3.05, 3.63) is 21.9 Å². The highest BCUT2D eigenvalue weighted by molar-refractivity contribution is 7.10. The highest BCUT2D eigenvalue weighted by atomic mass is 32.1. The molecule has 0 bridgehead atoms. The van der Waals surface area contributed by atoms with Gasteiger partial charge in [-0.05, 0) is 23.4 Å². The van der Waals surface area contributed by atoms with Gasteiger partial charge in [0, 0.05) is 58.0 Å². The first-order chi connectivity index (χ1) is 11.5. The molecule has 24 heavy (non-hydrogen) atoms. The highest BCUT2D eigenvalue weighted by Crippen LogP contribution is 2.24. The third-order valence-corrected chi connectivity index (χ3v) is 4.93. The summed E-state index contributed by atoms with van der Waals surface area (Å²) in [5.41, 5.74) is 1.23. The highest BCUT2D eigenvalue weighted by Gasteiger charge is 2.21. The molecule has 2 rings (SSSR count). The predicted octanol–water partition coefficient (Wildman–Crippen LogP) is 0.800. The average molecular weight is 352 g/mol. The summed E-state index contributed by atoms with van der Waals surface area (Å²) in [5.74, 6) is 0.0123. The van der Waals surface area contributed by atoms with E-state index in [0.717, 1.165) is 13.0 Å². The maximum absolute atomic E-state index is 12.2. The lowest BCUT2D eigenvalue weighted by molar-refractivity contribution is -0.132. The molecule has 1 aliphatic rings. The maximum atomic E-state index is 12.2. The summed E-state index contributed by atoms with van der Waals surface area (Å²) in [6.45, 7) is 1.98.